The van der Waals surface area contributed by atoms with E-state index in [-0.39, 0.29) is 11.8 Å². The lowest BCUT2D eigenvalue weighted by atomic mass is 9.96. The second kappa shape index (κ2) is 8.72. The molecular formula is C21H27N3O2. The summed E-state index contributed by atoms with van der Waals surface area (Å²) in [6.07, 6.45) is 5.92. The summed E-state index contributed by atoms with van der Waals surface area (Å²) in [5.41, 5.74) is 2.65. The highest BCUT2D eigenvalue weighted by Gasteiger charge is 2.19. The van der Waals surface area contributed by atoms with Crippen molar-refractivity contribution in [3.8, 4) is 5.75 Å². The van der Waals surface area contributed by atoms with Crippen LogP contribution < -0.4 is 10.6 Å². The number of urea groups is 1. The normalized spacial score (nSPS) is 17.7. The van der Waals surface area contributed by atoms with E-state index in [2.05, 4.69) is 28.6 Å². The number of anilines is 2. The number of phenols is 1. The highest BCUT2D eigenvalue weighted by Crippen LogP contribution is 2.23. The van der Waals surface area contributed by atoms with Gasteiger partial charge in [0.2, 0.25) is 0 Å². The second-order valence-electron chi connectivity index (χ2n) is 6.95. The summed E-state index contributed by atoms with van der Waals surface area (Å²) >= 11 is 0. The van der Waals surface area contributed by atoms with Crippen LogP contribution in [0.2, 0.25) is 0 Å². The van der Waals surface area contributed by atoms with E-state index in [0.29, 0.717) is 11.7 Å². The summed E-state index contributed by atoms with van der Waals surface area (Å²) in [5.74, 6) is 0.175. The molecule has 1 aliphatic heterocycles. The fraction of sp³-hybridized carbons (Fsp3) is 0.381. The monoisotopic (exact) mass is 353 g/mol. The first kappa shape index (κ1) is 18.3. The molecule has 0 radical (unpaired) electrons. The Morgan fingerprint density at radius 2 is 1.88 bits per heavy atom. The number of para-hydroxylation sites is 1. The molecule has 1 heterocycles. The lowest BCUT2D eigenvalue weighted by molar-refractivity contribution is 0.176. The largest absolute Gasteiger partial charge is 0.508 e. The summed E-state index contributed by atoms with van der Waals surface area (Å²) in [6, 6.07) is 14.7. The van der Waals surface area contributed by atoms with Crippen LogP contribution in [-0.2, 0) is 6.42 Å². The molecule has 0 spiro atoms. The van der Waals surface area contributed by atoms with Gasteiger partial charge in [-0.3, -0.25) is 0 Å². The number of nitrogens with zero attached hydrogens (tertiary/aromatic N) is 1. The van der Waals surface area contributed by atoms with E-state index >= 15 is 0 Å². The van der Waals surface area contributed by atoms with Gasteiger partial charge < -0.3 is 20.6 Å². The zero-order valence-corrected chi connectivity index (χ0v) is 15.2. The minimum atomic E-state index is -0.280. The number of aromatic hydroxyl groups is 1. The van der Waals surface area contributed by atoms with Gasteiger partial charge >= 0.3 is 6.03 Å². The van der Waals surface area contributed by atoms with Crippen molar-refractivity contribution in [2.24, 2.45) is 0 Å². The Hall–Kier alpha value is -2.53. The summed E-state index contributed by atoms with van der Waals surface area (Å²) in [6.45, 7) is 1.18. The molecule has 0 bridgehead atoms. The molecule has 2 aromatic carbocycles. The van der Waals surface area contributed by atoms with Gasteiger partial charge in [0, 0.05) is 17.4 Å². The van der Waals surface area contributed by atoms with Gasteiger partial charge in [-0.1, -0.05) is 24.6 Å². The van der Waals surface area contributed by atoms with E-state index in [0.717, 1.165) is 24.1 Å². The molecule has 1 fully saturated rings. The van der Waals surface area contributed by atoms with Crippen molar-refractivity contribution >= 4 is 17.4 Å². The molecule has 2 amide bonds. The number of aryl methyl sites for hydroxylation is 1. The fourth-order valence-electron chi connectivity index (χ4n) is 3.52. The Kier molecular flexibility index (Phi) is 6.12. The number of hydrogen-bond acceptors (Lipinski definition) is 3. The van der Waals surface area contributed by atoms with Crippen LogP contribution in [0.25, 0.3) is 0 Å². The first-order valence-electron chi connectivity index (χ1n) is 9.27. The Labute approximate surface area is 155 Å². The van der Waals surface area contributed by atoms with E-state index < -0.39 is 0 Å². The van der Waals surface area contributed by atoms with Crippen molar-refractivity contribution in [1.82, 2.24) is 4.90 Å². The van der Waals surface area contributed by atoms with Gasteiger partial charge in [0.1, 0.15) is 5.75 Å². The Morgan fingerprint density at radius 3 is 2.65 bits per heavy atom. The van der Waals surface area contributed by atoms with Crippen LogP contribution in [0, 0.1) is 0 Å². The van der Waals surface area contributed by atoms with E-state index in [9.17, 15) is 9.90 Å². The summed E-state index contributed by atoms with van der Waals surface area (Å²) in [5, 5.41) is 15.1. The van der Waals surface area contributed by atoms with Crippen LogP contribution in [0.1, 0.15) is 31.2 Å². The summed E-state index contributed by atoms with van der Waals surface area (Å²) in [7, 11) is 2.21. The average molecular weight is 353 g/mol. The molecular weight excluding hydrogens is 326 g/mol. The lowest BCUT2D eigenvalue weighted by Crippen LogP contribution is -2.36. The third-order valence-electron chi connectivity index (χ3n) is 5.06. The molecule has 5 heteroatoms. The van der Waals surface area contributed by atoms with Crippen LogP contribution in [0.5, 0.6) is 5.75 Å². The third-order valence-corrected chi connectivity index (χ3v) is 5.06. The van der Waals surface area contributed by atoms with Gasteiger partial charge in [-0.15, -0.1) is 0 Å². The molecule has 0 aliphatic carbocycles. The highest BCUT2D eigenvalue weighted by atomic mass is 16.3. The predicted molar refractivity (Wildman–Crippen MR) is 106 cm³/mol. The quantitative estimate of drug-likeness (QED) is 0.696. The molecule has 138 valence electrons. The number of carbonyl (C=O) groups excluding carboxylic acids is 1. The van der Waals surface area contributed by atoms with E-state index in [1.807, 2.05) is 18.2 Å². The predicted octanol–water partition coefficient (Wildman–Crippen LogP) is 4.45. The maximum Gasteiger partial charge on any atom is 0.323 e. The first-order chi connectivity index (χ1) is 12.6. The minimum absolute atomic E-state index is 0.175. The van der Waals surface area contributed by atoms with Crippen LogP contribution in [0.3, 0.4) is 0 Å². The number of phenolic OH excluding ortho intramolecular Hbond substituents is 1. The average Bonchev–Trinajstić information content (AvgIpc) is 2.64. The molecule has 1 atom stereocenters. The standard InChI is InChI=1S/C21H27N3O2/c1-24-15-5-4-7-18(24)12-9-16-6-2-3-8-20(16)23-21(26)22-17-10-13-19(25)14-11-17/h2-3,6,8,10-11,13-14,18,25H,4-5,7,9,12,15H2,1H3,(H2,22,23,26). The van der Waals surface area contributed by atoms with Crippen molar-refractivity contribution < 1.29 is 9.90 Å². The zero-order valence-electron chi connectivity index (χ0n) is 15.2. The number of piperidine rings is 1. The van der Waals surface area contributed by atoms with E-state index in [1.54, 1.807) is 24.3 Å². The van der Waals surface area contributed by atoms with Crippen molar-refractivity contribution in [2.75, 3.05) is 24.2 Å². The number of nitrogens with one attached hydrogen (secondary N) is 2. The third kappa shape index (κ3) is 4.99. The van der Waals surface area contributed by atoms with Gasteiger partial charge in [-0.25, -0.2) is 4.79 Å². The maximum absolute atomic E-state index is 12.3. The first-order valence-corrected chi connectivity index (χ1v) is 9.27. The molecule has 0 aromatic heterocycles. The molecule has 1 aliphatic rings. The fourth-order valence-corrected chi connectivity index (χ4v) is 3.52. The topological polar surface area (TPSA) is 64.6 Å². The van der Waals surface area contributed by atoms with Crippen LogP contribution >= 0.6 is 0 Å². The molecule has 2 aromatic rings. The number of hydrogen-bond donors (Lipinski definition) is 3. The Morgan fingerprint density at radius 1 is 1.12 bits per heavy atom. The number of benzene rings is 2. The van der Waals surface area contributed by atoms with Crippen LogP contribution in [0.15, 0.2) is 48.5 Å². The molecule has 5 nitrogen and oxygen atoms in total. The molecule has 1 unspecified atom stereocenters. The SMILES string of the molecule is CN1CCCCC1CCc1ccccc1NC(=O)Nc1ccc(O)cc1. The second-order valence-corrected chi connectivity index (χ2v) is 6.95. The summed E-state index contributed by atoms with van der Waals surface area (Å²) < 4.78 is 0. The zero-order chi connectivity index (χ0) is 18.4. The van der Waals surface area contributed by atoms with Crippen molar-refractivity contribution in [1.29, 1.82) is 0 Å². The van der Waals surface area contributed by atoms with Gasteiger partial charge in [0.25, 0.3) is 0 Å². The molecule has 3 rings (SSSR count). The number of amides is 2. The molecule has 0 saturated carbocycles. The van der Waals surface area contributed by atoms with Crippen molar-refractivity contribution in [2.45, 2.75) is 38.1 Å². The Bertz CT molecular complexity index is 730. The molecule has 3 N–H and O–H groups in total. The van der Waals surface area contributed by atoms with E-state index in [1.165, 1.54) is 25.8 Å². The van der Waals surface area contributed by atoms with Gasteiger partial charge in [-0.05, 0) is 75.2 Å². The number of likely N-dealkylation sites (tertiary alicyclic amines) is 1. The highest BCUT2D eigenvalue weighted by molar-refractivity contribution is 6.00. The van der Waals surface area contributed by atoms with Crippen molar-refractivity contribution in [3.63, 3.8) is 0 Å². The Balaban J connectivity index is 1.59. The maximum atomic E-state index is 12.3. The van der Waals surface area contributed by atoms with Crippen LogP contribution in [0.4, 0.5) is 16.2 Å². The van der Waals surface area contributed by atoms with Crippen LogP contribution in [-0.4, -0.2) is 35.7 Å². The minimum Gasteiger partial charge on any atom is -0.508 e. The van der Waals surface area contributed by atoms with Gasteiger partial charge in [0.15, 0.2) is 0 Å². The smallest absolute Gasteiger partial charge is 0.323 e. The summed E-state index contributed by atoms with van der Waals surface area (Å²) in [4.78, 5) is 14.7. The number of carbonyl (C=O) groups is 1. The van der Waals surface area contributed by atoms with Gasteiger partial charge in [0.05, 0.1) is 0 Å². The molecule has 26 heavy (non-hydrogen) atoms. The van der Waals surface area contributed by atoms with Gasteiger partial charge in [-0.2, -0.15) is 0 Å². The molecule has 1 saturated heterocycles. The van der Waals surface area contributed by atoms with E-state index in [4.69, 9.17) is 0 Å². The lowest BCUT2D eigenvalue weighted by Gasteiger charge is -2.32. The van der Waals surface area contributed by atoms with Crippen molar-refractivity contribution in [3.05, 3.63) is 54.1 Å². The number of rotatable bonds is 5.